The molecule has 0 saturated carbocycles. The van der Waals surface area contributed by atoms with Gasteiger partial charge in [-0.25, -0.2) is 8.42 Å². The minimum Gasteiger partial charge on any atom is -0.494 e. The molecule has 1 heterocycles. The molecule has 1 atom stereocenters. The third-order valence-electron chi connectivity index (χ3n) is 6.88. The highest BCUT2D eigenvalue weighted by Crippen LogP contribution is 2.42. The molecule has 0 aromatic heterocycles. The molecule has 37 heavy (non-hydrogen) atoms. The maximum atomic E-state index is 13.7. The summed E-state index contributed by atoms with van der Waals surface area (Å²) in [4.78, 5) is 13.5. The van der Waals surface area contributed by atoms with Gasteiger partial charge in [0.15, 0.2) is 0 Å². The number of carbonyl (C=O) groups excluding carboxylic acids is 1. The van der Waals surface area contributed by atoms with Crippen LogP contribution in [0.1, 0.15) is 51.6 Å². The number of fused-ring (bicyclic) bond motifs is 1. The van der Waals surface area contributed by atoms with Crippen LogP contribution < -0.4 is 19.1 Å². The number of amides is 1. The van der Waals surface area contributed by atoms with Gasteiger partial charge >= 0.3 is 0 Å². The van der Waals surface area contributed by atoms with Crippen molar-refractivity contribution in [3.05, 3.63) is 84.4 Å². The van der Waals surface area contributed by atoms with Crippen LogP contribution >= 0.6 is 0 Å². The predicted octanol–water partition coefficient (Wildman–Crippen LogP) is 5.48. The molecule has 8 heteroatoms. The van der Waals surface area contributed by atoms with Crippen LogP contribution in [0.15, 0.2) is 83.8 Å². The average Bonchev–Trinajstić information content (AvgIpc) is 2.92. The lowest BCUT2D eigenvalue weighted by molar-refractivity contribution is -0.121. The lowest BCUT2D eigenvalue weighted by atomic mass is 9.83. The van der Waals surface area contributed by atoms with E-state index in [4.69, 9.17) is 9.47 Å². The summed E-state index contributed by atoms with van der Waals surface area (Å²) in [5, 5.41) is 3.10. The summed E-state index contributed by atoms with van der Waals surface area (Å²) < 4.78 is 40.4. The molecular formula is C29H34N2O5S. The Morgan fingerprint density at radius 2 is 1.62 bits per heavy atom. The number of anilines is 1. The van der Waals surface area contributed by atoms with Crippen LogP contribution in [0.5, 0.6) is 11.5 Å². The Balaban J connectivity index is 1.62. The number of hydrogen-bond acceptors (Lipinski definition) is 5. The zero-order chi connectivity index (χ0) is 26.5. The first kappa shape index (κ1) is 26.5. The monoisotopic (exact) mass is 522 g/mol. The van der Waals surface area contributed by atoms with Crippen molar-refractivity contribution < 1.29 is 22.7 Å². The Morgan fingerprint density at radius 1 is 0.973 bits per heavy atom. The second-order valence-corrected chi connectivity index (χ2v) is 11.0. The summed E-state index contributed by atoms with van der Waals surface area (Å²) in [5.74, 6) is 0.949. The zero-order valence-corrected chi connectivity index (χ0v) is 22.3. The molecule has 0 radical (unpaired) electrons. The highest BCUT2D eigenvalue weighted by Gasteiger charge is 2.39. The van der Waals surface area contributed by atoms with Gasteiger partial charge in [-0.1, -0.05) is 50.2 Å². The Hall–Kier alpha value is -3.52. The largest absolute Gasteiger partial charge is 0.494 e. The van der Waals surface area contributed by atoms with Crippen LogP contribution in [-0.4, -0.2) is 33.1 Å². The van der Waals surface area contributed by atoms with Gasteiger partial charge in [-0.2, -0.15) is 0 Å². The van der Waals surface area contributed by atoms with Crippen LogP contribution in [0.25, 0.3) is 0 Å². The minimum atomic E-state index is -4.02. The number of benzene rings is 3. The normalized spacial score (nSPS) is 16.2. The number of carbonyl (C=O) groups is 1. The standard InChI is InChI=1S/C29H34N2O5S/c1-4-29(5-2)20-26(25-14-10-11-15-27(25)36-29)30-28(32)21-31(22-12-8-7-9-13-22)37(33,34)24-18-16-23(17-19-24)35-6-3/h7-19,26H,4-6,20-21H2,1-3H3,(H,30,32)/t26-/m0/s1. The van der Waals surface area contributed by atoms with Gasteiger partial charge in [0, 0.05) is 12.0 Å². The second-order valence-electron chi connectivity index (χ2n) is 9.11. The summed E-state index contributed by atoms with van der Waals surface area (Å²) >= 11 is 0. The first-order valence-electron chi connectivity index (χ1n) is 12.7. The highest BCUT2D eigenvalue weighted by atomic mass is 32.2. The number of rotatable bonds is 10. The van der Waals surface area contributed by atoms with Gasteiger partial charge < -0.3 is 14.8 Å². The van der Waals surface area contributed by atoms with E-state index >= 15 is 0 Å². The van der Waals surface area contributed by atoms with Crippen molar-refractivity contribution in [3.63, 3.8) is 0 Å². The van der Waals surface area contributed by atoms with Crippen molar-refractivity contribution >= 4 is 21.6 Å². The molecule has 0 aliphatic carbocycles. The quantitative estimate of drug-likeness (QED) is 0.381. The highest BCUT2D eigenvalue weighted by molar-refractivity contribution is 7.92. The topological polar surface area (TPSA) is 84.9 Å². The summed E-state index contributed by atoms with van der Waals surface area (Å²) in [7, 11) is -4.02. The molecule has 0 saturated heterocycles. The number of nitrogens with one attached hydrogen (secondary N) is 1. The summed E-state index contributed by atoms with van der Waals surface area (Å²) in [6.07, 6.45) is 2.21. The van der Waals surface area contributed by atoms with Gasteiger partial charge in [0.2, 0.25) is 5.91 Å². The predicted molar refractivity (Wildman–Crippen MR) is 144 cm³/mol. The summed E-state index contributed by atoms with van der Waals surface area (Å²) in [5.41, 5.74) is 0.921. The van der Waals surface area contributed by atoms with E-state index in [2.05, 4.69) is 19.2 Å². The molecule has 0 bridgehead atoms. The van der Waals surface area contributed by atoms with Gasteiger partial charge in [-0.3, -0.25) is 9.10 Å². The van der Waals surface area contributed by atoms with Crippen molar-refractivity contribution in [3.8, 4) is 11.5 Å². The minimum absolute atomic E-state index is 0.0833. The maximum absolute atomic E-state index is 13.7. The molecule has 1 aliphatic heterocycles. The third kappa shape index (κ3) is 5.74. The van der Waals surface area contributed by atoms with Crippen LogP contribution in [-0.2, 0) is 14.8 Å². The molecule has 196 valence electrons. The van der Waals surface area contributed by atoms with Crippen LogP contribution in [0, 0.1) is 0 Å². The fourth-order valence-corrected chi connectivity index (χ4v) is 6.13. The van der Waals surface area contributed by atoms with E-state index in [1.54, 1.807) is 42.5 Å². The van der Waals surface area contributed by atoms with Crippen molar-refractivity contribution in [2.75, 3.05) is 17.5 Å². The molecule has 3 aromatic rings. The zero-order valence-electron chi connectivity index (χ0n) is 21.5. The van der Waals surface area contributed by atoms with Crippen LogP contribution in [0.4, 0.5) is 5.69 Å². The number of nitrogens with zero attached hydrogens (tertiary/aromatic N) is 1. The van der Waals surface area contributed by atoms with Gasteiger partial charge in [0.1, 0.15) is 23.6 Å². The van der Waals surface area contributed by atoms with E-state index in [1.165, 1.54) is 12.1 Å². The molecule has 1 aliphatic rings. The molecule has 0 spiro atoms. The fourth-order valence-electron chi connectivity index (χ4n) is 4.71. The number of sulfonamides is 1. The third-order valence-corrected chi connectivity index (χ3v) is 8.66. The Bertz CT molecular complexity index is 1310. The molecule has 0 fully saturated rings. The number of hydrogen-bond donors (Lipinski definition) is 1. The summed E-state index contributed by atoms with van der Waals surface area (Å²) in [6, 6.07) is 22.3. The molecular weight excluding hydrogens is 488 g/mol. The van der Waals surface area contributed by atoms with E-state index < -0.39 is 10.0 Å². The number of ether oxygens (including phenoxy) is 2. The fraction of sp³-hybridized carbons (Fsp3) is 0.345. The maximum Gasteiger partial charge on any atom is 0.264 e. The lowest BCUT2D eigenvalue weighted by Gasteiger charge is -2.41. The van der Waals surface area contributed by atoms with Gasteiger partial charge in [-0.05, 0) is 62.2 Å². The molecule has 3 aromatic carbocycles. The van der Waals surface area contributed by atoms with Crippen molar-refractivity contribution in [1.29, 1.82) is 0 Å². The smallest absolute Gasteiger partial charge is 0.264 e. The first-order valence-corrected chi connectivity index (χ1v) is 14.1. The molecule has 1 amide bonds. The van der Waals surface area contributed by atoms with Gasteiger partial charge in [-0.15, -0.1) is 0 Å². The first-order chi connectivity index (χ1) is 17.8. The second kappa shape index (κ2) is 11.3. The summed E-state index contributed by atoms with van der Waals surface area (Å²) in [6.45, 7) is 6.15. The Morgan fingerprint density at radius 3 is 2.27 bits per heavy atom. The van der Waals surface area contributed by atoms with E-state index in [9.17, 15) is 13.2 Å². The Kier molecular flexibility index (Phi) is 8.07. The van der Waals surface area contributed by atoms with E-state index in [-0.39, 0.29) is 29.0 Å². The number of para-hydroxylation sites is 2. The van der Waals surface area contributed by atoms with Gasteiger partial charge in [0.05, 0.1) is 23.2 Å². The molecule has 0 unspecified atom stereocenters. The molecule has 4 rings (SSSR count). The van der Waals surface area contributed by atoms with E-state index in [0.29, 0.717) is 24.5 Å². The van der Waals surface area contributed by atoms with E-state index in [0.717, 1.165) is 28.5 Å². The lowest BCUT2D eigenvalue weighted by Crippen LogP contribution is -2.47. The van der Waals surface area contributed by atoms with Gasteiger partial charge in [0.25, 0.3) is 10.0 Å². The van der Waals surface area contributed by atoms with E-state index in [1.807, 2.05) is 31.2 Å². The average molecular weight is 523 g/mol. The molecule has 7 nitrogen and oxygen atoms in total. The van der Waals surface area contributed by atoms with Crippen molar-refractivity contribution in [2.45, 2.75) is 56.6 Å². The molecule has 1 N–H and O–H groups in total. The Labute approximate surface area is 219 Å². The van der Waals surface area contributed by atoms with Crippen molar-refractivity contribution in [2.24, 2.45) is 0 Å². The van der Waals surface area contributed by atoms with Crippen molar-refractivity contribution in [1.82, 2.24) is 5.32 Å². The van der Waals surface area contributed by atoms with Crippen LogP contribution in [0.2, 0.25) is 0 Å². The SMILES string of the molecule is CCOc1ccc(S(=O)(=O)N(CC(=O)N[C@H]2CC(CC)(CC)Oc3ccccc32)c2ccccc2)cc1. The van der Waals surface area contributed by atoms with Crippen LogP contribution in [0.3, 0.4) is 0 Å².